The van der Waals surface area contributed by atoms with Crippen LogP contribution in [0.2, 0.25) is 0 Å². The Labute approximate surface area is 130 Å². The molecule has 1 unspecified atom stereocenters. The lowest BCUT2D eigenvalue weighted by atomic mass is 10.1. The number of halogens is 3. The summed E-state index contributed by atoms with van der Waals surface area (Å²) in [6, 6.07) is 2.60. The number of carbonyl (C=O) groups is 2. The van der Waals surface area contributed by atoms with Gasteiger partial charge in [-0.1, -0.05) is 6.08 Å². The smallest absolute Gasteiger partial charge is 0.274 e. The number of hydrazine groups is 2. The number of carbonyl (C=O) groups excluding carboxylic acids is 2. The monoisotopic (exact) mass is 328 g/mol. The number of hydrogen-bond acceptors (Lipinski definition) is 3. The van der Waals surface area contributed by atoms with E-state index in [0.717, 1.165) is 34.3 Å². The molecule has 6 nitrogen and oxygen atoms in total. The molecule has 23 heavy (non-hydrogen) atoms. The van der Waals surface area contributed by atoms with Crippen LogP contribution in [0.3, 0.4) is 0 Å². The molecular weight excluding hydrogens is 313 g/mol. The van der Waals surface area contributed by atoms with E-state index < -0.39 is 29.7 Å². The molecule has 3 N–H and O–H groups in total. The van der Waals surface area contributed by atoms with Crippen LogP contribution in [0.5, 0.6) is 0 Å². The normalized spacial score (nSPS) is 20.3. The molecule has 1 atom stereocenters. The number of allylic oxidation sites excluding steroid dienone is 1. The van der Waals surface area contributed by atoms with E-state index in [1.165, 1.54) is 0 Å². The zero-order valence-electron chi connectivity index (χ0n) is 12.4. The molecule has 0 bridgehead atoms. The first-order valence-electron chi connectivity index (χ1n) is 6.70. The largest absolute Gasteiger partial charge is 0.416 e. The van der Waals surface area contributed by atoms with Gasteiger partial charge in [0.2, 0.25) is 0 Å². The van der Waals surface area contributed by atoms with Crippen molar-refractivity contribution in [1.29, 1.82) is 0 Å². The molecule has 124 valence electrons. The fraction of sp³-hybridized carbons (Fsp3) is 0.286. The van der Waals surface area contributed by atoms with Crippen molar-refractivity contribution in [2.45, 2.75) is 26.1 Å². The van der Waals surface area contributed by atoms with Gasteiger partial charge in [0.05, 0.1) is 17.3 Å². The third-order valence-corrected chi connectivity index (χ3v) is 3.55. The maximum absolute atomic E-state index is 12.6. The lowest BCUT2D eigenvalue weighted by molar-refractivity contribution is -0.137. The van der Waals surface area contributed by atoms with Crippen molar-refractivity contribution in [2.75, 3.05) is 5.01 Å². The summed E-state index contributed by atoms with van der Waals surface area (Å²) in [5, 5.41) is 2.06. The summed E-state index contributed by atoms with van der Waals surface area (Å²) in [5.41, 5.74) is 1.55. The van der Waals surface area contributed by atoms with E-state index in [-0.39, 0.29) is 5.69 Å². The molecule has 1 heterocycles. The van der Waals surface area contributed by atoms with Crippen LogP contribution < -0.4 is 16.3 Å². The van der Waals surface area contributed by atoms with Gasteiger partial charge in [0.25, 0.3) is 5.91 Å². The molecule has 0 saturated carbocycles. The highest BCUT2D eigenvalue weighted by atomic mass is 19.4. The molecule has 2 rings (SSSR count). The SMILES string of the molecule is CC=C1C(=O)N(c2ccc(C(F)(F)F)cc2)N(C(=O)NN)C1C. The summed E-state index contributed by atoms with van der Waals surface area (Å²) in [6.07, 6.45) is -2.93. The van der Waals surface area contributed by atoms with E-state index in [9.17, 15) is 22.8 Å². The fourth-order valence-corrected chi connectivity index (χ4v) is 2.43. The van der Waals surface area contributed by atoms with Crippen molar-refractivity contribution in [3.8, 4) is 0 Å². The predicted octanol–water partition coefficient (Wildman–Crippen LogP) is 2.19. The van der Waals surface area contributed by atoms with E-state index in [2.05, 4.69) is 0 Å². The van der Waals surface area contributed by atoms with Gasteiger partial charge in [0.1, 0.15) is 0 Å². The summed E-state index contributed by atoms with van der Waals surface area (Å²) in [5.74, 6) is 4.62. The van der Waals surface area contributed by atoms with Gasteiger partial charge in [-0.25, -0.2) is 20.7 Å². The molecule has 0 spiro atoms. The molecule has 0 radical (unpaired) electrons. The zero-order valence-corrected chi connectivity index (χ0v) is 12.4. The van der Waals surface area contributed by atoms with E-state index in [4.69, 9.17) is 5.84 Å². The predicted molar refractivity (Wildman–Crippen MR) is 76.7 cm³/mol. The summed E-state index contributed by atoms with van der Waals surface area (Å²) < 4.78 is 37.9. The second-order valence-electron chi connectivity index (χ2n) is 4.88. The lowest BCUT2D eigenvalue weighted by Gasteiger charge is -2.29. The maximum Gasteiger partial charge on any atom is 0.416 e. The van der Waals surface area contributed by atoms with E-state index >= 15 is 0 Å². The maximum atomic E-state index is 12.6. The molecule has 1 saturated heterocycles. The first-order chi connectivity index (χ1) is 10.7. The molecule has 9 heteroatoms. The second kappa shape index (κ2) is 5.92. The topological polar surface area (TPSA) is 78.7 Å². The van der Waals surface area contributed by atoms with Crippen molar-refractivity contribution in [3.05, 3.63) is 41.5 Å². The minimum absolute atomic E-state index is 0.135. The molecule has 1 fully saturated rings. The van der Waals surface area contributed by atoms with Crippen molar-refractivity contribution < 1.29 is 22.8 Å². The number of benzene rings is 1. The van der Waals surface area contributed by atoms with Crippen LogP contribution >= 0.6 is 0 Å². The molecule has 1 aliphatic heterocycles. The highest BCUT2D eigenvalue weighted by molar-refractivity contribution is 6.10. The summed E-state index contributed by atoms with van der Waals surface area (Å²) in [4.78, 5) is 24.4. The van der Waals surface area contributed by atoms with Gasteiger partial charge in [-0.2, -0.15) is 13.2 Å². The van der Waals surface area contributed by atoms with Crippen LogP contribution in [0, 0.1) is 0 Å². The van der Waals surface area contributed by atoms with Gasteiger partial charge in [0, 0.05) is 5.57 Å². The van der Waals surface area contributed by atoms with Crippen LogP contribution in [0.4, 0.5) is 23.7 Å². The van der Waals surface area contributed by atoms with Crippen molar-refractivity contribution >= 4 is 17.6 Å². The number of nitrogens with one attached hydrogen (secondary N) is 1. The molecule has 3 amide bonds. The van der Waals surface area contributed by atoms with Gasteiger partial charge < -0.3 is 0 Å². The van der Waals surface area contributed by atoms with Crippen LogP contribution in [0.15, 0.2) is 35.9 Å². The standard InChI is InChI=1S/C14H15F3N4O2/c1-3-11-8(2)20(13(23)19-18)21(12(11)22)10-6-4-9(5-7-10)14(15,16)17/h3-8H,18H2,1-2H3,(H,19,23). The minimum atomic E-state index is -4.48. The molecule has 1 aromatic carbocycles. The second-order valence-corrected chi connectivity index (χ2v) is 4.88. The van der Waals surface area contributed by atoms with Crippen molar-refractivity contribution in [1.82, 2.24) is 10.4 Å². The Bertz CT molecular complexity index is 655. The Morgan fingerprint density at radius 3 is 2.30 bits per heavy atom. The van der Waals surface area contributed by atoms with Crippen LogP contribution in [0.25, 0.3) is 0 Å². The van der Waals surface area contributed by atoms with Gasteiger partial charge in [-0.3, -0.25) is 10.2 Å². The molecular formula is C14H15F3N4O2. The van der Waals surface area contributed by atoms with Gasteiger partial charge in [0.15, 0.2) is 0 Å². The van der Waals surface area contributed by atoms with E-state index in [1.54, 1.807) is 19.9 Å². The van der Waals surface area contributed by atoms with Gasteiger partial charge in [-0.05, 0) is 38.1 Å². The molecule has 0 aromatic heterocycles. The van der Waals surface area contributed by atoms with Crippen LogP contribution in [-0.2, 0) is 11.0 Å². The summed E-state index contributed by atoms with van der Waals surface area (Å²) >= 11 is 0. The van der Waals surface area contributed by atoms with Crippen LogP contribution in [0.1, 0.15) is 19.4 Å². The third kappa shape index (κ3) is 2.87. The first-order valence-corrected chi connectivity index (χ1v) is 6.70. The van der Waals surface area contributed by atoms with E-state index in [1.807, 2.05) is 5.43 Å². The quantitative estimate of drug-likeness (QED) is 0.359. The Balaban J connectivity index is 2.46. The fourth-order valence-electron chi connectivity index (χ4n) is 2.43. The van der Waals surface area contributed by atoms with Gasteiger partial charge >= 0.3 is 12.2 Å². The summed E-state index contributed by atoms with van der Waals surface area (Å²) in [7, 11) is 0. The van der Waals surface area contributed by atoms with Gasteiger partial charge in [-0.15, -0.1) is 0 Å². The number of anilines is 1. The Kier molecular flexibility index (Phi) is 4.33. The number of alkyl halides is 3. The number of urea groups is 1. The molecule has 0 aliphatic carbocycles. The minimum Gasteiger partial charge on any atom is -0.274 e. The highest BCUT2D eigenvalue weighted by Gasteiger charge is 2.43. The Hall–Kier alpha value is -2.55. The average Bonchev–Trinajstić information content (AvgIpc) is 2.76. The lowest BCUT2D eigenvalue weighted by Crippen LogP contribution is -2.52. The third-order valence-electron chi connectivity index (χ3n) is 3.55. The Morgan fingerprint density at radius 2 is 1.87 bits per heavy atom. The number of hydrogen-bond donors (Lipinski definition) is 2. The number of amides is 3. The average molecular weight is 328 g/mol. The number of nitrogens with two attached hydrogens (primary N) is 1. The van der Waals surface area contributed by atoms with Crippen LogP contribution in [-0.4, -0.2) is 23.0 Å². The van der Waals surface area contributed by atoms with Crippen molar-refractivity contribution in [2.24, 2.45) is 5.84 Å². The Morgan fingerprint density at radius 1 is 1.30 bits per heavy atom. The highest BCUT2D eigenvalue weighted by Crippen LogP contribution is 2.34. The van der Waals surface area contributed by atoms with Crippen molar-refractivity contribution in [3.63, 3.8) is 0 Å². The number of rotatable bonds is 1. The number of nitrogens with zero attached hydrogens (tertiary/aromatic N) is 2. The summed E-state index contributed by atoms with van der Waals surface area (Å²) in [6.45, 7) is 3.26. The zero-order chi connectivity index (χ0) is 17.4. The molecule has 1 aromatic rings. The first kappa shape index (κ1) is 16.8. The van der Waals surface area contributed by atoms with E-state index in [0.29, 0.717) is 5.57 Å². The molecule has 1 aliphatic rings.